The molecule has 1 heterocycles. The number of ether oxygens (including phenoxy) is 1. The second-order valence-corrected chi connectivity index (χ2v) is 5.31. The molecule has 0 saturated heterocycles. The molecule has 0 fully saturated rings. The first kappa shape index (κ1) is 13.7. The Morgan fingerprint density at radius 2 is 2.29 bits per heavy atom. The maximum atomic E-state index is 11.0. The number of aromatic nitrogens is 2. The van der Waals surface area contributed by atoms with Gasteiger partial charge in [0.2, 0.25) is 5.88 Å². The van der Waals surface area contributed by atoms with Gasteiger partial charge in [0, 0.05) is 28.9 Å². The monoisotopic (exact) mass is 258 g/mol. The highest BCUT2D eigenvalue weighted by molar-refractivity contribution is 7.84. The number of nitrogens with two attached hydrogens (primary N) is 1. The van der Waals surface area contributed by atoms with E-state index in [1.807, 2.05) is 6.92 Å². The Hall–Kier alpha value is -1.37. The molecule has 0 spiro atoms. The van der Waals surface area contributed by atoms with Crippen molar-refractivity contribution in [1.29, 1.82) is 0 Å². The average molecular weight is 258 g/mol. The smallest absolute Gasteiger partial charge is 0.242 e. The van der Waals surface area contributed by atoms with Crippen LogP contribution in [0.5, 0.6) is 5.88 Å². The molecule has 96 valence electrons. The molecule has 2 atom stereocenters. The molecule has 7 heteroatoms. The number of nitrogens with one attached hydrogen (secondary N) is 1. The van der Waals surface area contributed by atoms with E-state index in [4.69, 9.17) is 10.5 Å². The molecule has 2 unspecified atom stereocenters. The number of anilines is 2. The number of methoxy groups -OCH3 is 1. The lowest BCUT2D eigenvalue weighted by Crippen LogP contribution is -2.19. The maximum Gasteiger partial charge on any atom is 0.242 e. The summed E-state index contributed by atoms with van der Waals surface area (Å²) in [6.07, 6.45) is 3.87. The van der Waals surface area contributed by atoms with Crippen LogP contribution in [0.3, 0.4) is 0 Å². The van der Waals surface area contributed by atoms with Crippen molar-refractivity contribution in [3.05, 3.63) is 6.33 Å². The normalized spacial score (nSPS) is 14.1. The van der Waals surface area contributed by atoms with Gasteiger partial charge in [0.25, 0.3) is 0 Å². The largest absolute Gasteiger partial charge is 0.479 e. The van der Waals surface area contributed by atoms with E-state index < -0.39 is 10.8 Å². The lowest BCUT2D eigenvalue weighted by molar-refractivity contribution is 0.399. The molecule has 1 rings (SSSR count). The maximum absolute atomic E-state index is 11.0. The molecule has 3 N–H and O–H groups in total. The summed E-state index contributed by atoms with van der Waals surface area (Å²) in [6.45, 7) is 1.99. The van der Waals surface area contributed by atoms with E-state index >= 15 is 0 Å². The van der Waals surface area contributed by atoms with Crippen molar-refractivity contribution in [3.63, 3.8) is 0 Å². The fourth-order valence-electron chi connectivity index (χ4n) is 1.31. The molecule has 1 aromatic rings. The third-order valence-corrected chi connectivity index (χ3v) is 3.07. The predicted molar refractivity (Wildman–Crippen MR) is 69.6 cm³/mol. The molecule has 0 radical (unpaired) electrons. The van der Waals surface area contributed by atoms with Crippen LogP contribution in [-0.4, -0.2) is 39.3 Å². The van der Waals surface area contributed by atoms with Gasteiger partial charge in [-0.15, -0.1) is 0 Å². The molecule has 0 saturated carbocycles. The van der Waals surface area contributed by atoms with Crippen molar-refractivity contribution in [2.24, 2.45) is 0 Å². The van der Waals surface area contributed by atoms with Crippen LogP contribution in [0, 0.1) is 0 Å². The Morgan fingerprint density at radius 3 is 2.88 bits per heavy atom. The van der Waals surface area contributed by atoms with Crippen LogP contribution in [-0.2, 0) is 10.8 Å². The van der Waals surface area contributed by atoms with Crippen molar-refractivity contribution in [2.75, 3.05) is 30.2 Å². The summed E-state index contributed by atoms with van der Waals surface area (Å²) in [4.78, 5) is 7.94. The van der Waals surface area contributed by atoms with E-state index in [0.29, 0.717) is 23.1 Å². The van der Waals surface area contributed by atoms with E-state index in [2.05, 4.69) is 15.3 Å². The zero-order valence-electron chi connectivity index (χ0n) is 10.3. The van der Waals surface area contributed by atoms with Gasteiger partial charge in [-0.2, -0.15) is 4.98 Å². The highest BCUT2D eigenvalue weighted by atomic mass is 32.2. The summed E-state index contributed by atoms with van der Waals surface area (Å²) in [6, 6.07) is 0.140. The number of hydrogen-bond donors (Lipinski definition) is 2. The fourth-order valence-corrected chi connectivity index (χ4v) is 1.99. The Morgan fingerprint density at radius 1 is 1.59 bits per heavy atom. The van der Waals surface area contributed by atoms with Gasteiger partial charge >= 0.3 is 0 Å². The first-order valence-corrected chi connectivity index (χ1v) is 6.98. The van der Waals surface area contributed by atoms with Crippen molar-refractivity contribution in [3.8, 4) is 5.88 Å². The minimum atomic E-state index is -0.784. The molecule has 1 aromatic heterocycles. The van der Waals surface area contributed by atoms with Gasteiger partial charge in [0.15, 0.2) is 5.82 Å². The zero-order chi connectivity index (χ0) is 12.8. The Balaban J connectivity index is 2.64. The molecule has 0 aliphatic carbocycles. The molecule has 0 aromatic carbocycles. The summed E-state index contributed by atoms with van der Waals surface area (Å²) in [7, 11) is 0.722. The quantitative estimate of drug-likeness (QED) is 0.778. The summed E-state index contributed by atoms with van der Waals surface area (Å²) in [5.74, 6) is 1.55. The summed E-state index contributed by atoms with van der Waals surface area (Å²) >= 11 is 0. The van der Waals surface area contributed by atoms with Crippen LogP contribution in [0.1, 0.15) is 13.3 Å². The second-order valence-electron chi connectivity index (χ2n) is 3.76. The van der Waals surface area contributed by atoms with E-state index in [1.54, 1.807) is 6.26 Å². The van der Waals surface area contributed by atoms with Gasteiger partial charge in [0.05, 0.1) is 7.11 Å². The molecule has 0 aliphatic rings. The number of nitrogens with zero attached hydrogens (tertiary/aromatic N) is 2. The van der Waals surface area contributed by atoms with E-state index in [0.717, 1.165) is 6.42 Å². The van der Waals surface area contributed by atoms with Gasteiger partial charge in [-0.05, 0) is 13.3 Å². The first-order valence-electron chi connectivity index (χ1n) is 5.25. The highest BCUT2D eigenvalue weighted by Gasteiger charge is 2.11. The highest BCUT2D eigenvalue weighted by Crippen LogP contribution is 2.24. The van der Waals surface area contributed by atoms with Gasteiger partial charge in [-0.25, -0.2) is 4.98 Å². The minimum Gasteiger partial charge on any atom is -0.479 e. The van der Waals surface area contributed by atoms with Gasteiger partial charge in [0.1, 0.15) is 12.0 Å². The van der Waals surface area contributed by atoms with Crippen molar-refractivity contribution in [1.82, 2.24) is 9.97 Å². The third kappa shape index (κ3) is 4.18. The summed E-state index contributed by atoms with van der Waals surface area (Å²) in [5, 5.41) is 3.15. The van der Waals surface area contributed by atoms with Crippen molar-refractivity contribution >= 4 is 22.3 Å². The van der Waals surface area contributed by atoms with Crippen LogP contribution in [0.15, 0.2) is 6.33 Å². The SMILES string of the molecule is COc1ncnc(NC(C)CCS(C)=O)c1N. The fraction of sp³-hybridized carbons (Fsp3) is 0.600. The van der Waals surface area contributed by atoms with Crippen LogP contribution in [0.4, 0.5) is 11.5 Å². The van der Waals surface area contributed by atoms with Crippen LogP contribution in [0.25, 0.3) is 0 Å². The third-order valence-electron chi connectivity index (χ3n) is 2.26. The number of rotatable bonds is 6. The number of nitrogen functional groups attached to an aromatic ring is 1. The topological polar surface area (TPSA) is 90.1 Å². The molecular weight excluding hydrogens is 240 g/mol. The van der Waals surface area contributed by atoms with Crippen molar-refractivity contribution in [2.45, 2.75) is 19.4 Å². The Kier molecular flexibility index (Phi) is 5.14. The first-order chi connectivity index (χ1) is 8.04. The van der Waals surface area contributed by atoms with Crippen LogP contribution >= 0.6 is 0 Å². The summed E-state index contributed by atoms with van der Waals surface area (Å²) in [5.41, 5.74) is 6.21. The molecule has 0 aliphatic heterocycles. The van der Waals surface area contributed by atoms with E-state index in [-0.39, 0.29) is 6.04 Å². The molecule has 0 amide bonds. The average Bonchev–Trinajstić information content (AvgIpc) is 2.29. The molecule has 17 heavy (non-hydrogen) atoms. The lowest BCUT2D eigenvalue weighted by Gasteiger charge is -2.15. The van der Waals surface area contributed by atoms with Gasteiger partial charge in [-0.3, -0.25) is 4.21 Å². The Bertz CT molecular complexity index is 400. The van der Waals surface area contributed by atoms with Crippen molar-refractivity contribution < 1.29 is 8.95 Å². The minimum absolute atomic E-state index is 0.140. The van der Waals surface area contributed by atoms with Gasteiger partial charge in [-0.1, -0.05) is 0 Å². The van der Waals surface area contributed by atoms with E-state index in [1.165, 1.54) is 13.4 Å². The second kappa shape index (κ2) is 6.39. The number of hydrogen-bond acceptors (Lipinski definition) is 6. The zero-order valence-corrected chi connectivity index (χ0v) is 11.1. The standard InChI is InChI=1S/C10H18N4O2S/c1-7(4-5-17(3)15)14-9-8(11)10(16-2)13-6-12-9/h6-7H,4-5,11H2,1-3H3,(H,12,13,14). The predicted octanol–water partition coefficient (Wildman–Crippen LogP) is 0.636. The molecule has 6 nitrogen and oxygen atoms in total. The molecular formula is C10H18N4O2S. The van der Waals surface area contributed by atoms with Crippen LogP contribution in [0.2, 0.25) is 0 Å². The van der Waals surface area contributed by atoms with Gasteiger partial charge < -0.3 is 15.8 Å². The van der Waals surface area contributed by atoms with Crippen LogP contribution < -0.4 is 15.8 Å². The van der Waals surface area contributed by atoms with E-state index in [9.17, 15) is 4.21 Å². The molecule has 0 bridgehead atoms. The Labute approximate surface area is 103 Å². The lowest BCUT2D eigenvalue weighted by atomic mass is 10.2. The summed E-state index contributed by atoms with van der Waals surface area (Å²) < 4.78 is 16.0.